The Morgan fingerprint density at radius 1 is 1.31 bits per heavy atom. The van der Waals surface area contributed by atoms with Crippen LogP contribution in [0.25, 0.3) is 10.4 Å². The highest BCUT2D eigenvalue weighted by Crippen LogP contribution is 2.60. The first kappa shape index (κ1) is 25.3. The van der Waals surface area contributed by atoms with Crippen molar-refractivity contribution in [1.29, 1.82) is 0 Å². The maximum atomic E-state index is 12.9. The van der Waals surface area contributed by atoms with Crippen molar-refractivity contribution in [2.75, 3.05) is 12.9 Å². The van der Waals surface area contributed by atoms with Gasteiger partial charge in [0.05, 0.1) is 35.5 Å². The van der Waals surface area contributed by atoms with Crippen LogP contribution >= 0.6 is 11.3 Å². The molecular formula is C22H27N3O8S2. The van der Waals surface area contributed by atoms with Crippen molar-refractivity contribution in [3.8, 4) is 0 Å². The van der Waals surface area contributed by atoms with Crippen LogP contribution in [-0.2, 0) is 29.0 Å². The minimum Gasteiger partial charge on any atom is -0.477 e. The number of aromatic nitrogens is 2. The van der Waals surface area contributed by atoms with Crippen molar-refractivity contribution < 1.29 is 37.8 Å². The van der Waals surface area contributed by atoms with Crippen LogP contribution in [0.5, 0.6) is 0 Å². The Hall–Kier alpha value is -2.77. The molecule has 13 heteroatoms. The number of ether oxygens (including phenoxy) is 1. The largest absolute Gasteiger partial charge is 0.477 e. The zero-order valence-corrected chi connectivity index (χ0v) is 21.5. The fourth-order valence-corrected chi connectivity index (χ4v) is 7.40. The number of fused-ring (bicyclic) bond motifs is 2. The summed E-state index contributed by atoms with van der Waals surface area (Å²) in [6, 6.07) is -0.664. The van der Waals surface area contributed by atoms with Gasteiger partial charge in [-0.15, -0.1) is 11.3 Å². The van der Waals surface area contributed by atoms with E-state index in [0.717, 1.165) is 17.6 Å². The van der Waals surface area contributed by atoms with Gasteiger partial charge in [0.2, 0.25) is 5.91 Å². The van der Waals surface area contributed by atoms with Gasteiger partial charge in [-0.05, 0) is 13.3 Å². The topological polar surface area (TPSA) is 156 Å². The summed E-state index contributed by atoms with van der Waals surface area (Å²) in [6.07, 6.45) is 3.14. The van der Waals surface area contributed by atoms with Crippen LogP contribution in [0.15, 0.2) is 23.2 Å². The second kappa shape index (κ2) is 8.42. The number of carboxylic acid groups (broad SMARTS) is 1. The fourth-order valence-electron chi connectivity index (χ4n) is 5.01. The van der Waals surface area contributed by atoms with Crippen LogP contribution in [0.3, 0.4) is 0 Å². The first-order chi connectivity index (χ1) is 16.2. The number of carboxylic acids is 1. The second-order valence-electron chi connectivity index (χ2n) is 9.57. The zero-order valence-electron chi connectivity index (χ0n) is 19.9. The molecule has 35 heavy (non-hydrogen) atoms. The van der Waals surface area contributed by atoms with E-state index >= 15 is 0 Å². The van der Waals surface area contributed by atoms with E-state index < -0.39 is 51.2 Å². The summed E-state index contributed by atoms with van der Waals surface area (Å²) in [5.74, 6) is -3.39. The number of imidazole rings is 1. The molecule has 1 amide bonds. The molecule has 11 nitrogen and oxygen atoms in total. The van der Waals surface area contributed by atoms with Gasteiger partial charge in [-0.1, -0.05) is 20.8 Å². The Labute approximate surface area is 205 Å². The number of β-lactam (4-membered cyclic amide) rings is 1. The van der Waals surface area contributed by atoms with Gasteiger partial charge in [-0.3, -0.25) is 14.0 Å². The summed E-state index contributed by atoms with van der Waals surface area (Å²) in [5.41, 5.74) is -0.879. The smallest absolute Gasteiger partial charge is 0.352 e. The van der Waals surface area contributed by atoms with Crippen molar-refractivity contribution >= 4 is 49.4 Å². The van der Waals surface area contributed by atoms with Crippen LogP contribution in [-0.4, -0.2) is 75.8 Å². The molecule has 0 saturated carbocycles. The third-order valence-corrected chi connectivity index (χ3v) is 8.94. The highest BCUT2D eigenvalue weighted by Gasteiger charge is 2.66. The molecule has 2 aromatic rings. The minimum atomic E-state index is -3.63. The van der Waals surface area contributed by atoms with Crippen LogP contribution in [0.2, 0.25) is 0 Å². The van der Waals surface area contributed by atoms with Gasteiger partial charge in [0.1, 0.15) is 16.9 Å². The molecule has 1 fully saturated rings. The molecule has 4 heterocycles. The Morgan fingerprint density at radius 2 is 1.97 bits per heavy atom. The predicted molar refractivity (Wildman–Crippen MR) is 125 cm³/mol. The quantitative estimate of drug-likeness (QED) is 0.384. The van der Waals surface area contributed by atoms with Gasteiger partial charge >= 0.3 is 11.9 Å². The molecule has 1 saturated heterocycles. The fraction of sp³-hybridized carbons (Fsp3) is 0.545. The molecule has 0 aromatic carbocycles. The number of aliphatic hydroxyl groups excluding tert-OH is 1. The number of carbonyl (C=O) groups is 3. The Bertz CT molecular complexity index is 1370. The molecule has 0 aliphatic carbocycles. The lowest BCUT2D eigenvalue weighted by Gasteiger charge is -2.50. The number of hydrogen-bond donors (Lipinski definition) is 2. The summed E-state index contributed by atoms with van der Waals surface area (Å²) in [4.78, 5) is 43.3. The predicted octanol–water partition coefficient (Wildman–Crippen LogP) is 1.41. The first-order valence-corrected chi connectivity index (χ1v) is 13.7. The lowest BCUT2D eigenvalue weighted by atomic mass is 9.65. The van der Waals surface area contributed by atoms with E-state index in [9.17, 15) is 33.0 Å². The van der Waals surface area contributed by atoms with E-state index in [0.29, 0.717) is 15.3 Å². The van der Waals surface area contributed by atoms with Gasteiger partial charge in [0.15, 0.2) is 14.9 Å². The van der Waals surface area contributed by atoms with Crippen molar-refractivity contribution in [3.05, 3.63) is 23.1 Å². The second-order valence-corrected chi connectivity index (χ2v) is 12.5. The molecule has 0 bridgehead atoms. The van der Waals surface area contributed by atoms with Crippen molar-refractivity contribution in [2.24, 2.45) is 17.3 Å². The van der Waals surface area contributed by atoms with Gasteiger partial charge < -0.3 is 19.8 Å². The molecule has 1 unspecified atom stereocenters. The van der Waals surface area contributed by atoms with Crippen LogP contribution in [0.4, 0.5) is 0 Å². The standard InChI is InChI=1S/C22H27N3O8S2/c1-10(2)21(30)33-7-6-22(4)14(12-8-24-9-23-17(19(24)34-12)35(5,31)32)15(20(28)29)25-16(22)13(11(3)26)18(25)27/h8-11,13,16,26H,6-7H2,1-5H3,(H,28,29)/t11?,13-,16-,22+/m1/s1. The van der Waals surface area contributed by atoms with E-state index in [4.69, 9.17) is 4.74 Å². The van der Waals surface area contributed by atoms with Crippen molar-refractivity contribution in [2.45, 2.75) is 51.3 Å². The number of aliphatic carboxylic acids is 1. The van der Waals surface area contributed by atoms with Crippen molar-refractivity contribution in [3.63, 3.8) is 0 Å². The zero-order chi connectivity index (χ0) is 26.0. The molecule has 4 atom stereocenters. The summed E-state index contributed by atoms with van der Waals surface area (Å²) < 4.78 is 31.2. The summed E-state index contributed by atoms with van der Waals surface area (Å²) in [6.45, 7) is 6.65. The van der Waals surface area contributed by atoms with E-state index in [1.807, 2.05) is 0 Å². The number of carbonyl (C=O) groups excluding carboxylic acids is 2. The molecule has 4 rings (SSSR count). The molecule has 190 valence electrons. The third-order valence-electron chi connectivity index (χ3n) is 6.68. The number of amides is 1. The van der Waals surface area contributed by atoms with Gasteiger partial charge in [0.25, 0.3) is 0 Å². The highest BCUT2D eigenvalue weighted by molar-refractivity contribution is 7.91. The Kier molecular flexibility index (Phi) is 6.09. The number of rotatable bonds is 8. The molecule has 0 radical (unpaired) electrons. The first-order valence-electron chi connectivity index (χ1n) is 11.0. The number of esters is 1. The molecule has 2 aliphatic rings. The molecular weight excluding hydrogens is 498 g/mol. The SMILES string of the molecule is CC(C)C(=O)OCC[C@@]1(C)C(c2cn3cnc(S(C)(=O)=O)c3s2)=C(C(=O)O)N2C(=O)[C@H](C(C)O)[C@@H]21. The van der Waals surface area contributed by atoms with Crippen LogP contribution < -0.4 is 0 Å². The average molecular weight is 526 g/mol. The maximum Gasteiger partial charge on any atom is 0.352 e. The summed E-state index contributed by atoms with van der Waals surface area (Å²) in [5, 5.41) is 20.3. The lowest BCUT2D eigenvalue weighted by Crippen LogP contribution is -2.66. The average Bonchev–Trinajstić information content (AvgIpc) is 3.35. The summed E-state index contributed by atoms with van der Waals surface area (Å²) in [7, 11) is -3.63. The number of sulfone groups is 1. The monoisotopic (exact) mass is 525 g/mol. The van der Waals surface area contributed by atoms with Gasteiger partial charge in [-0.2, -0.15) is 0 Å². The minimum absolute atomic E-state index is 0.0185. The molecule has 0 spiro atoms. The lowest BCUT2D eigenvalue weighted by molar-refractivity contribution is -0.168. The molecule has 2 N–H and O–H groups in total. The summed E-state index contributed by atoms with van der Waals surface area (Å²) >= 11 is 1.06. The number of aliphatic hydroxyl groups is 1. The van der Waals surface area contributed by atoms with E-state index in [-0.39, 0.29) is 29.7 Å². The van der Waals surface area contributed by atoms with Gasteiger partial charge in [0, 0.05) is 23.4 Å². The van der Waals surface area contributed by atoms with E-state index in [1.165, 1.54) is 22.6 Å². The van der Waals surface area contributed by atoms with Gasteiger partial charge in [-0.25, -0.2) is 18.2 Å². The number of nitrogens with zero attached hydrogens (tertiary/aromatic N) is 3. The number of thiazole rings is 1. The number of hydrogen-bond acceptors (Lipinski definition) is 9. The maximum absolute atomic E-state index is 12.9. The molecule has 2 aliphatic heterocycles. The Balaban J connectivity index is 1.87. The normalized spacial score (nSPS) is 25.2. The van der Waals surface area contributed by atoms with E-state index in [2.05, 4.69) is 4.98 Å². The Morgan fingerprint density at radius 3 is 2.51 bits per heavy atom. The third kappa shape index (κ3) is 3.85. The van der Waals surface area contributed by atoms with Crippen LogP contribution in [0.1, 0.15) is 39.0 Å². The molecule has 2 aromatic heterocycles. The highest BCUT2D eigenvalue weighted by atomic mass is 32.2. The van der Waals surface area contributed by atoms with E-state index in [1.54, 1.807) is 27.0 Å². The van der Waals surface area contributed by atoms with Crippen LogP contribution in [0, 0.1) is 17.3 Å². The van der Waals surface area contributed by atoms with Crippen molar-refractivity contribution in [1.82, 2.24) is 14.3 Å².